The van der Waals surface area contributed by atoms with E-state index in [9.17, 15) is 9.59 Å². The number of fused-ring (bicyclic) bond motifs is 1. The summed E-state index contributed by atoms with van der Waals surface area (Å²) in [7, 11) is 3.08. The van der Waals surface area contributed by atoms with Crippen LogP contribution in [0.2, 0.25) is 0 Å². The number of carbonyl (C=O) groups is 2. The zero-order valence-electron chi connectivity index (χ0n) is 17.3. The summed E-state index contributed by atoms with van der Waals surface area (Å²) in [6, 6.07) is 3.48. The van der Waals surface area contributed by atoms with E-state index in [1.54, 1.807) is 33.3 Å². The van der Waals surface area contributed by atoms with Crippen LogP contribution in [-0.2, 0) is 9.53 Å². The van der Waals surface area contributed by atoms with Gasteiger partial charge in [-0.3, -0.25) is 4.79 Å². The predicted octanol–water partition coefficient (Wildman–Crippen LogP) is 3.18. The maximum atomic E-state index is 12.6. The van der Waals surface area contributed by atoms with Gasteiger partial charge in [-0.1, -0.05) is 6.42 Å². The lowest BCUT2D eigenvalue weighted by molar-refractivity contribution is -0.116. The fraction of sp³-hybridized carbons (Fsp3) is 0.524. The molecule has 0 bridgehead atoms. The molecule has 0 saturated carbocycles. The maximum absolute atomic E-state index is 12.6. The van der Waals surface area contributed by atoms with Crippen LogP contribution in [0.15, 0.2) is 12.1 Å². The number of methoxy groups -OCH3 is 2. The molecule has 0 unspecified atom stereocenters. The van der Waals surface area contributed by atoms with E-state index in [1.165, 1.54) is 19.3 Å². The number of amides is 1. The van der Waals surface area contributed by atoms with Crippen LogP contribution >= 0.6 is 0 Å². The molecule has 1 fully saturated rings. The number of hydrogen-bond donors (Lipinski definition) is 2. The first-order valence-corrected chi connectivity index (χ1v) is 10.0. The van der Waals surface area contributed by atoms with Gasteiger partial charge in [0.05, 0.1) is 32.0 Å². The lowest BCUT2D eigenvalue weighted by Gasteiger charge is -2.25. The van der Waals surface area contributed by atoms with E-state index in [0.717, 1.165) is 13.1 Å². The van der Waals surface area contributed by atoms with Crippen LogP contribution < -0.4 is 14.8 Å². The van der Waals surface area contributed by atoms with Gasteiger partial charge in [-0.25, -0.2) is 4.79 Å². The van der Waals surface area contributed by atoms with E-state index >= 15 is 0 Å². The van der Waals surface area contributed by atoms with Gasteiger partial charge < -0.3 is 29.4 Å². The molecular formula is C21H29N3O5. The van der Waals surface area contributed by atoms with Crippen LogP contribution in [0.5, 0.6) is 11.5 Å². The molecule has 1 amide bonds. The van der Waals surface area contributed by atoms with Crippen molar-refractivity contribution in [3.05, 3.63) is 17.8 Å². The molecule has 0 aliphatic carbocycles. The third kappa shape index (κ3) is 4.82. The summed E-state index contributed by atoms with van der Waals surface area (Å²) in [4.78, 5) is 30.5. The number of anilines is 1. The Morgan fingerprint density at radius 3 is 2.45 bits per heavy atom. The third-order valence-corrected chi connectivity index (χ3v) is 5.15. The van der Waals surface area contributed by atoms with Crippen molar-refractivity contribution >= 4 is 28.5 Å². The second-order valence-electron chi connectivity index (χ2n) is 7.05. The van der Waals surface area contributed by atoms with Gasteiger partial charge in [0.1, 0.15) is 5.69 Å². The van der Waals surface area contributed by atoms with Crippen molar-refractivity contribution in [3.63, 3.8) is 0 Å². The zero-order valence-corrected chi connectivity index (χ0v) is 17.3. The molecule has 0 spiro atoms. The topological polar surface area (TPSA) is 92.9 Å². The van der Waals surface area contributed by atoms with Crippen LogP contribution in [0, 0.1) is 0 Å². The van der Waals surface area contributed by atoms with E-state index < -0.39 is 5.97 Å². The van der Waals surface area contributed by atoms with Gasteiger partial charge in [0.2, 0.25) is 5.91 Å². The molecular weight excluding hydrogens is 374 g/mol. The van der Waals surface area contributed by atoms with E-state index in [0.29, 0.717) is 41.1 Å². The molecule has 2 aromatic rings. The van der Waals surface area contributed by atoms with Gasteiger partial charge in [0, 0.05) is 24.4 Å². The number of nitrogens with zero attached hydrogens (tertiary/aromatic N) is 1. The summed E-state index contributed by atoms with van der Waals surface area (Å²) >= 11 is 0. The summed E-state index contributed by atoms with van der Waals surface area (Å²) in [6.45, 7) is 4.75. The average Bonchev–Trinajstić information content (AvgIpc) is 3.09. The number of nitrogens with one attached hydrogen (secondary N) is 2. The summed E-state index contributed by atoms with van der Waals surface area (Å²) < 4.78 is 15.9. The number of rotatable bonds is 8. The van der Waals surface area contributed by atoms with Crippen molar-refractivity contribution < 1.29 is 23.8 Å². The quantitative estimate of drug-likeness (QED) is 0.658. The molecule has 29 heavy (non-hydrogen) atoms. The fourth-order valence-corrected chi connectivity index (χ4v) is 3.65. The minimum Gasteiger partial charge on any atom is -0.493 e. The molecule has 2 N–H and O–H groups in total. The molecule has 1 aliphatic rings. The first kappa shape index (κ1) is 21.0. The van der Waals surface area contributed by atoms with E-state index in [-0.39, 0.29) is 18.2 Å². The standard InChI is InChI=1S/C21H29N3O5/c1-4-29-21(26)20-19(23-18(25)8-11-24-9-6-5-7-10-24)14-12-16(27-2)17(28-3)13-15(14)22-20/h12-13,22H,4-11H2,1-3H3,(H,23,25). The molecule has 8 heteroatoms. The number of likely N-dealkylation sites (tertiary alicyclic amines) is 1. The third-order valence-electron chi connectivity index (χ3n) is 5.15. The molecule has 1 aliphatic heterocycles. The van der Waals surface area contributed by atoms with Crippen molar-refractivity contribution in [2.24, 2.45) is 0 Å². The second kappa shape index (κ2) is 9.65. The average molecular weight is 403 g/mol. The number of aromatic nitrogens is 1. The lowest BCUT2D eigenvalue weighted by atomic mass is 10.1. The number of piperidine rings is 1. The molecule has 2 heterocycles. The number of carbonyl (C=O) groups excluding carboxylic acids is 2. The number of aromatic amines is 1. The van der Waals surface area contributed by atoms with Crippen molar-refractivity contribution in [2.45, 2.75) is 32.6 Å². The Bertz CT molecular complexity index is 871. The van der Waals surface area contributed by atoms with Crippen molar-refractivity contribution in [1.29, 1.82) is 0 Å². The number of esters is 1. The lowest BCUT2D eigenvalue weighted by Crippen LogP contribution is -2.32. The van der Waals surface area contributed by atoms with Gasteiger partial charge >= 0.3 is 5.97 Å². The Morgan fingerprint density at radius 1 is 1.10 bits per heavy atom. The number of H-pyrrole nitrogens is 1. The maximum Gasteiger partial charge on any atom is 0.356 e. The SMILES string of the molecule is CCOC(=O)c1[nH]c2cc(OC)c(OC)cc2c1NC(=O)CCN1CCCCC1. The summed E-state index contributed by atoms with van der Waals surface area (Å²) in [6.07, 6.45) is 3.98. The van der Waals surface area contributed by atoms with Crippen LogP contribution in [0.25, 0.3) is 10.9 Å². The summed E-state index contributed by atoms with van der Waals surface area (Å²) in [5.74, 6) is 0.377. The molecule has 1 saturated heterocycles. The minimum atomic E-state index is -0.520. The van der Waals surface area contributed by atoms with E-state index in [2.05, 4.69) is 15.2 Å². The Hall–Kier alpha value is -2.74. The molecule has 3 rings (SSSR count). The highest BCUT2D eigenvalue weighted by atomic mass is 16.5. The Morgan fingerprint density at radius 2 is 1.79 bits per heavy atom. The highest BCUT2D eigenvalue weighted by molar-refractivity contribution is 6.11. The van der Waals surface area contributed by atoms with Crippen LogP contribution in [-0.4, -0.2) is 62.2 Å². The van der Waals surface area contributed by atoms with Gasteiger partial charge in [0.25, 0.3) is 0 Å². The smallest absolute Gasteiger partial charge is 0.356 e. The molecule has 8 nitrogen and oxygen atoms in total. The van der Waals surface area contributed by atoms with Gasteiger partial charge in [-0.2, -0.15) is 0 Å². The second-order valence-corrected chi connectivity index (χ2v) is 7.05. The fourth-order valence-electron chi connectivity index (χ4n) is 3.65. The highest BCUT2D eigenvalue weighted by Gasteiger charge is 2.23. The van der Waals surface area contributed by atoms with Crippen LogP contribution in [0.1, 0.15) is 43.1 Å². The highest BCUT2D eigenvalue weighted by Crippen LogP contribution is 2.37. The largest absolute Gasteiger partial charge is 0.493 e. The van der Waals surface area contributed by atoms with Crippen molar-refractivity contribution in [1.82, 2.24) is 9.88 Å². The Kier molecular flexibility index (Phi) is 6.98. The van der Waals surface area contributed by atoms with E-state index in [1.807, 2.05) is 0 Å². The molecule has 1 aromatic heterocycles. The molecule has 158 valence electrons. The molecule has 0 atom stereocenters. The Labute approximate surface area is 170 Å². The van der Waals surface area contributed by atoms with Gasteiger partial charge in [-0.15, -0.1) is 0 Å². The Balaban J connectivity index is 1.87. The molecule has 1 aromatic carbocycles. The monoisotopic (exact) mass is 403 g/mol. The predicted molar refractivity (Wildman–Crippen MR) is 111 cm³/mol. The summed E-state index contributed by atoms with van der Waals surface area (Å²) in [5.41, 5.74) is 1.27. The molecule has 0 radical (unpaired) electrons. The zero-order chi connectivity index (χ0) is 20.8. The van der Waals surface area contributed by atoms with Crippen LogP contribution in [0.3, 0.4) is 0 Å². The minimum absolute atomic E-state index is 0.142. The summed E-state index contributed by atoms with van der Waals surface area (Å²) in [5, 5.41) is 3.57. The number of benzene rings is 1. The van der Waals surface area contributed by atoms with E-state index in [4.69, 9.17) is 14.2 Å². The van der Waals surface area contributed by atoms with Gasteiger partial charge in [0.15, 0.2) is 11.5 Å². The number of hydrogen-bond acceptors (Lipinski definition) is 6. The normalized spacial score (nSPS) is 14.6. The first-order valence-electron chi connectivity index (χ1n) is 10.0. The van der Waals surface area contributed by atoms with Crippen molar-refractivity contribution in [2.75, 3.05) is 45.8 Å². The van der Waals surface area contributed by atoms with Gasteiger partial charge in [-0.05, 0) is 38.9 Å². The first-order chi connectivity index (χ1) is 14.1. The van der Waals surface area contributed by atoms with Crippen LogP contribution in [0.4, 0.5) is 5.69 Å². The van der Waals surface area contributed by atoms with Crippen molar-refractivity contribution in [3.8, 4) is 11.5 Å². The number of ether oxygens (including phenoxy) is 3.